The summed E-state index contributed by atoms with van der Waals surface area (Å²) in [6, 6.07) is 1.85. The van der Waals surface area contributed by atoms with Crippen LogP contribution in [-0.2, 0) is 0 Å². The largest absolute Gasteiger partial charge is 0.330 e. The Labute approximate surface area is 88.5 Å². The molecule has 0 bridgehead atoms. The van der Waals surface area contributed by atoms with Crippen LogP contribution in [0.3, 0.4) is 0 Å². The van der Waals surface area contributed by atoms with Gasteiger partial charge in [0.1, 0.15) is 0 Å². The molecule has 4 heteroatoms. The number of thioether (sulfide) groups is 1. The average molecular weight is 209 g/mol. The molecule has 1 saturated carbocycles. The first-order chi connectivity index (χ1) is 6.90. The van der Waals surface area contributed by atoms with Gasteiger partial charge < -0.3 is 5.73 Å². The van der Waals surface area contributed by atoms with Gasteiger partial charge in [0.25, 0.3) is 0 Å². The molecule has 0 saturated heterocycles. The van der Waals surface area contributed by atoms with Crippen LogP contribution in [0.2, 0.25) is 0 Å². The first kappa shape index (κ1) is 9.93. The third kappa shape index (κ3) is 2.25. The first-order valence-corrected chi connectivity index (χ1v) is 5.92. The minimum Gasteiger partial charge on any atom is -0.330 e. The highest BCUT2D eigenvalue weighted by molar-refractivity contribution is 7.99. The van der Waals surface area contributed by atoms with E-state index in [1.54, 1.807) is 24.2 Å². The van der Waals surface area contributed by atoms with Crippen molar-refractivity contribution < 1.29 is 0 Å². The molecule has 1 aliphatic carbocycles. The lowest BCUT2D eigenvalue weighted by atomic mass is 10.1. The molecular weight excluding hydrogens is 194 g/mol. The van der Waals surface area contributed by atoms with Crippen LogP contribution in [0, 0.1) is 5.92 Å². The van der Waals surface area contributed by atoms with Crippen LogP contribution in [0.4, 0.5) is 0 Å². The summed E-state index contributed by atoms with van der Waals surface area (Å²) in [4.78, 5) is 8.44. The van der Waals surface area contributed by atoms with Crippen molar-refractivity contribution in [3.8, 4) is 0 Å². The minimum atomic E-state index is 0.627. The van der Waals surface area contributed by atoms with E-state index in [1.807, 2.05) is 6.07 Å². The molecule has 2 atom stereocenters. The lowest BCUT2D eigenvalue weighted by Gasteiger charge is -2.15. The Bertz CT molecular complexity index is 278. The Balaban J connectivity index is 1.97. The van der Waals surface area contributed by atoms with Crippen molar-refractivity contribution in [2.45, 2.75) is 29.7 Å². The van der Waals surface area contributed by atoms with E-state index in [-0.39, 0.29) is 0 Å². The van der Waals surface area contributed by atoms with Gasteiger partial charge in [0, 0.05) is 17.6 Å². The maximum atomic E-state index is 5.72. The van der Waals surface area contributed by atoms with Gasteiger partial charge in [-0.15, -0.1) is 0 Å². The summed E-state index contributed by atoms with van der Waals surface area (Å²) in [5.41, 5.74) is 5.72. The Morgan fingerprint density at radius 1 is 1.36 bits per heavy atom. The second-order valence-electron chi connectivity index (χ2n) is 3.61. The third-order valence-corrected chi connectivity index (χ3v) is 4.04. The van der Waals surface area contributed by atoms with E-state index < -0.39 is 0 Å². The molecule has 14 heavy (non-hydrogen) atoms. The van der Waals surface area contributed by atoms with Gasteiger partial charge in [-0.25, -0.2) is 9.97 Å². The van der Waals surface area contributed by atoms with Crippen molar-refractivity contribution in [1.29, 1.82) is 0 Å². The van der Waals surface area contributed by atoms with E-state index in [0.29, 0.717) is 11.2 Å². The molecule has 76 valence electrons. The molecule has 0 aliphatic heterocycles. The highest BCUT2D eigenvalue weighted by atomic mass is 32.2. The predicted molar refractivity (Wildman–Crippen MR) is 58.1 cm³/mol. The van der Waals surface area contributed by atoms with Crippen molar-refractivity contribution in [2.75, 3.05) is 6.54 Å². The second kappa shape index (κ2) is 4.75. The van der Waals surface area contributed by atoms with Gasteiger partial charge in [-0.2, -0.15) is 0 Å². The number of nitrogens with zero attached hydrogens (tertiary/aromatic N) is 2. The maximum absolute atomic E-state index is 5.72. The van der Waals surface area contributed by atoms with Gasteiger partial charge in [0.05, 0.1) is 0 Å². The summed E-state index contributed by atoms with van der Waals surface area (Å²) in [6.45, 7) is 0.796. The van der Waals surface area contributed by atoms with E-state index >= 15 is 0 Å². The highest BCUT2D eigenvalue weighted by Gasteiger charge is 2.27. The van der Waals surface area contributed by atoms with E-state index in [0.717, 1.165) is 11.7 Å². The standard InChI is InChI=1S/C10H15N3S/c11-7-8-3-1-4-9(8)14-10-12-5-2-6-13-10/h2,5-6,8-9H,1,3-4,7,11H2. The van der Waals surface area contributed by atoms with Crippen molar-refractivity contribution in [3.05, 3.63) is 18.5 Å². The topological polar surface area (TPSA) is 51.8 Å². The quantitative estimate of drug-likeness (QED) is 0.770. The van der Waals surface area contributed by atoms with Gasteiger partial charge in [-0.3, -0.25) is 0 Å². The van der Waals surface area contributed by atoms with Gasteiger partial charge in [0.2, 0.25) is 0 Å². The van der Waals surface area contributed by atoms with Gasteiger partial charge in [0.15, 0.2) is 5.16 Å². The molecule has 0 amide bonds. The number of aromatic nitrogens is 2. The van der Waals surface area contributed by atoms with Crippen LogP contribution in [0.1, 0.15) is 19.3 Å². The lowest BCUT2D eigenvalue weighted by molar-refractivity contribution is 0.572. The van der Waals surface area contributed by atoms with Crippen LogP contribution in [0.5, 0.6) is 0 Å². The van der Waals surface area contributed by atoms with E-state index in [2.05, 4.69) is 9.97 Å². The fourth-order valence-electron chi connectivity index (χ4n) is 1.91. The van der Waals surface area contributed by atoms with Crippen LogP contribution < -0.4 is 5.73 Å². The number of hydrogen-bond acceptors (Lipinski definition) is 4. The zero-order chi connectivity index (χ0) is 9.80. The normalized spacial score (nSPS) is 26.6. The van der Waals surface area contributed by atoms with Crippen LogP contribution >= 0.6 is 11.8 Å². The molecule has 1 aromatic rings. The zero-order valence-electron chi connectivity index (χ0n) is 8.10. The first-order valence-electron chi connectivity index (χ1n) is 5.04. The Morgan fingerprint density at radius 2 is 2.14 bits per heavy atom. The summed E-state index contributed by atoms with van der Waals surface area (Å²) < 4.78 is 0. The van der Waals surface area contributed by atoms with Crippen molar-refractivity contribution in [1.82, 2.24) is 9.97 Å². The van der Waals surface area contributed by atoms with E-state index in [1.165, 1.54) is 19.3 Å². The molecule has 1 aliphatic rings. The van der Waals surface area contributed by atoms with Crippen molar-refractivity contribution in [3.63, 3.8) is 0 Å². The molecule has 2 unspecified atom stereocenters. The molecule has 2 N–H and O–H groups in total. The van der Waals surface area contributed by atoms with E-state index in [4.69, 9.17) is 5.73 Å². The average Bonchev–Trinajstić information content (AvgIpc) is 2.67. The van der Waals surface area contributed by atoms with E-state index in [9.17, 15) is 0 Å². The summed E-state index contributed by atoms with van der Waals surface area (Å²) >= 11 is 1.78. The molecule has 1 fully saturated rings. The lowest BCUT2D eigenvalue weighted by Crippen LogP contribution is -2.20. The molecule has 1 heterocycles. The minimum absolute atomic E-state index is 0.627. The molecule has 1 aromatic heterocycles. The third-order valence-electron chi connectivity index (χ3n) is 2.69. The Morgan fingerprint density at radius 3 is 2.86 bits per heavy atom. The highest BCUT2D eigenvalue weighted by Crippen LogP contribution is 2.36. The van der Waals surface area contributed by atoms with Crippen LogP contribution in [0.25, 0.3) is 0 Å². The van der Waals surface area contributed by atoms with Crippen molar-refractivity contribution in [2.24, 2.45) is 11.7 Å². The van der Waals surface area contributed by atoms with Crippen LogP contribution in [-0.4, -0.2) is 21.8 Å². The second-order valence-corrected chi connectivity index (χ2v) is 4.82. The molecule has 0 spiro atoms. The monoisotopic (exact) mass is 209 g/mol. The summed E-state index contributed by atoms with van der Waals surface area (Å²) in [5.74, 6) is 0.656. The smallest absolute Gasteiger partial charge is 0.187 e. The molecular formula is C10H15N3S. The number of hydrogen-bond donors (Lipinski definition) is 1. The SMILES string of the molecule is NCC1CCCC1Sc1ncccn1. The molecule has 3 nitrogen and oxygen atoms in total. The molecule has 0 aromatic carbocycles. The Hall–Kier alpha value is -0.610. The summed E-state index contributed by atoms with van der Waals surface area (Å²) in [5, 5.41) is 1.51. The summed E-state index contributed by atoms with van der Waals surface area (Å²) in [7, 11) is 0. The maximum Gasteiger partial charge on any atom is 0.187 e. The van der Waals surface area contributed by atoms with Crippen molar-refractivity contribution >= 4 is 11.8 Å². The summed E-state index contributed by atoms with van der Waals surface area (Å²) in [6.07, 6.45) is 7.40. The molecule has 2 rings (SSSR count). The zero-order valence-corrected chi connectivity index (χ0v) is 8.91. The van der Waals surface area contributed by atoms with Gasteiger partial charge in [-0.1, -0.05) is 18.2 Å². The fourth-order valence-corrected chi connectivity index (χ4v) is 3.15. The number of nitrogens with two attached hydrogens (primary N) is 1. The van der Waals surface area contributed by atoms with Gasteiger partial charge >= 0.3 is 0 Å². The predicted octanol–water partition coefficient (Wildman–Crippen LogP) is 1.70. The number of rotatable bonds is 3. The molecule has 0 radical (unpaired) electrons. The van der Waals surface area contributed by atoms with Crippen LogP contribution in [0.15, 0.2) is 23.6 Å². The Kier molecular flexibility index (Phi) is 3.37. The fraction of sp³-hybridized carbons (Fsp3) is 0.600. The van der Waals surface area contributed by atoms with Gasteiger partial charge in [-0.05, 0) is 31.4 Å².